The Hall–Kier alpha value is -1.01. The first kappa shape index (κ1) is 11.1. The Labute approximate surface area is 92.6 Å². The Morgan fingerprint density at radius 1 is 1.43 bits per heavy atom. The fourth-order valence-electron chi connectivity index (χ4n) is 1.02. The monoisotopic (exact) mass is 253 g/mol. The van der Waals surface area contributed by atoms with Crippen LogP contribution in [0.5, 0.6) is 5.75 Å². The molecule has 1 aromatic rings. The third-order valence-electron chi connectivity index (χ3n) is 1.87. The average molecular weight is 254 g/mol. The lowest BCUT2D eigenvalue weighted by Crippen LogP contribution is -2.11. The molecular weight excluding hydrogens is 242 g/mol. The number of halogens is 1. The minimum Gasteiger partial charge on any atom is -0.476 e. The normalized spacial score (nSPS) is 11.8. The number of alkyl halides is 1. The van der Waals surface area contributed by atoms with Gasteiger partial charge in [-0.2, -0.15) is 5.26 Å². The molecule has 14 heavy (non-hydrogen) atoms. The van der Waals surface area contributed by atoms with E-state index < -0.39 is 0 Å². The van der Waals surface area contributed by atoms with Crippen LogP contribution in [0.4, 0.5) is 0 Å². The van der Waals surface area contributed by atoms with E-state index in [1.54, 1.807) is 0 Å². The maximum absolute atomic E-state index is 8.71. The molecule has 1 atom stereocenters. The van der Waals surface area contributed by atoms with Crippen LogP contribution in [0.1, 0.15) is 18.9 Å². The van der Waals surface area contributed by atoms with Gasteiger partial charge in [0, 0.05) is 5.33 Å². The third-order valence-corrected chi connectivity index (χ3v) is 2.52. The van der Waals surface area contributed by atoms with E-state index in [2.05, 4.69) is 22.0 Å². The summed E-state index contributed by atoms with van der Waals surface area (Å²) >= 11 is 3.37. The molecule has 0 aromatic heterocycles. The van der Waals surface area contributed by atoms with Crippen molar-refractivity contribution in [2.45, 2.75) is 24.8 Å². The van der Waals surface area contributed by atoms with E-state index in [-0.39, 0.29) is 6.10 Å². The number of benzene rings is 1. The fourth-order valence-corrected chi connectivity index (χ4v) is 1.40. The summed E-state index contributed by atoms with van der Waals surface area (Å²) in [5, 5.41) is 9.54. The van der Waals surface area contributed by atoms with Gasteiger partial charge in [0.25, 0.3) is 0 Å². The second-order valence-electron chi connectivity index (χ2n) is 2.92. The van der Waals surface area contributed by atoms with Crippen molar-refractivity contribution in [3.63, 3.8) is 0 Å². The first-order valence-corrected chi connectivity index (χ1v) is 5.63. The lowest BCUT2D eigenvalue weighted by atomic mass is 10.2. The molecule has 0 bridgehead atoms. The molecule has 0 N–H and O–H groups in total. The molecule has 0 aliphatic carbocycles. The Morgan fingerprint density at radius 3 is 2.50 bits per heavy atom. The molecule has 0 heterocycles. The molecule has 0 aliphatic rings. The number of rotatable bonds is 4. The predicted molar refractivity (Wildman–Crippen MR) is 59.4 cm³/mol. The summed E-state index contributed by atoms with van der Waals surface area (Å²) in [6.07, 6.45) is 0.362. The Morgan fingerprint density at radius 2 is 2.07 bits per heavy atom. The highest BCUT2D eigenvalue weighted by molar-refractivity contribution is 9.08. The van der Waals surface area contributed by atoms with E-state index in [0.717, 1.165) is 11.1 Å². The zero-order valence-corrected chi connectivity index (χ0v) is 9.62. The van der Waals surface area contributed by atoms with Gasteiger partial charge in [0.1, 0.15) is 11.8 Å². The minimum atomic E-state index is -0.343. The smallest absolute Gasteiger partial charge is 0.184 e. The SMILES string of the molecule is CCC(C#N)Oc1ccc(CBr)cc1. The third kappa shape index (κ3) is 3.04. The molecule has 0 fully saturated rings. The van der Waals surface area contributed by atoms with E-state index in [1.165, 1.54) is 5.56 Å². The summed E-state index contributed by atoms with van der Waals surface area (Å²) in [5.74, 6) is 0.753. The molecule has 74 valence electrons. The maximum atomic E-state index is 8.71. The van der Waals surface area contributed by atoms with Gasteiger partial charge in [-0.15, -0.1) is 0 Å². The van der Waals surface area contributed by atoms with Crippen LogP contribution in [-0.2, 0) is 5.33 Å². The maximum Gasteiger partial charge on any atom is 0.184 e. The van der Waals surface area contributed by atoms with Crippen LogP contribution in [-0.4, -0.2) is 6.10 Å². The molecule has 0 amide bonds. The number of nitriles is 1. The van der Waals surface area contributed by atoms with Gasteiger partial charge < -0.3 is 4.74 Å². The Balaban J connectivity index is 2.64. The topological polar surface area (TPSA) is 33.0 Å². The van der Waals surface area contributed by atoms with Gasteiger partial charge in [0.2, 0.25) is 0 Å². The van der Waals surface area contributed by atoms with Gasteiger partial charge in [-0.3, -0.25) is 0 Å². The van der Waals surface area contributed by atoms with Crippen LogP contribution < -0.4 is 4.74 Å². The second kappa shape index (κ2) is 5.66. The van der Waals surface area contributed by atoms with Crippen molar-refractivity contribution < 1.29 is 4.74 Å². The van der Waals surface area contributed by atoms with Crippen molar-refractivity contribution in [2.24, 2.45) is 0 Å². The highest BCUT2D eigenvalue weighted by Crippen LogP contribution is 2.16. The van der Waals surface area contributed by atoms with Crippen molar-refractivity contribution in [2.75, 3.05) is 0 Å². The Kier molecular flexibility index (Phi) is 4.48. The van der Waals surface area contributed by atoms with E-state index in [0.29, 0.717) is 6.42 Å². The fraction of sp³-hybridized carbons (Fsp3) is 0.364. The molecule has 2 nitrogen and oxygen atoms in total. The zero-order valence-electron chi connectivity index (χ0n) is 8.03. The number of nitrogens with zero attached hydrogens (tertiary/aromatic N) is 1. The molecule has 0 saturated heterocycles. The van der Waals surface area contributed by atoms with Crippen LogP contribution in [0.15, 0.2) is 24.3 Å². The van der Waals surface area contributed by atoms with Crippen molar-refractivity contribution in [3.05, 3.63) is 29.8 Å². The van der Waals surface area contributed by atoms with Crippen LogP contribution in [0.3, 0.4) is 0 Å². The van der Waals surface area contributed by atoms with Crippen molar-refractivity contribution in [1.29, 1.82) is 5.26 Å². The lowest BCUT2D eigenvalue weighted by molar-refractivity contribution is 0.252. The van der Waals surface area contributed by atoms with Crippen molar-refractivity contribution in [1.82, 2.24) is 0 Å². The summed E-state index contributed by atoms with van der Waals surface area (Å²) in [7, 11) is 0. The molecule has 1 aromatic carbocycles. The average Bonchev–Trinajstić information content (AvgIpc) is 2.26. The predicted octanol–water partition coefficient (Wildman–Crippen LogP) is 3.26. The lowest BCUT2D eigenvalue weighted by Gasteiger charge is -2.09. The van der Waals surface area contributed by atoms with Gasteiger partial charge >= 0.3 is 0 Å². The largest absolute Gasteiger partial charge is 0.476 e. The molecule has 1 rings (SSSR count). The molecule has 0 radical (unpaired) electrons. The van der Waals surface area contributed by atoms with Gasteiger partial charge in [-0.05, 0) is 24.1 Å². The standard InChI is InChI=1S/C11H12BrNO/c1-2-10(8-13)14-11-5-3-9(7-12)4-6-11/h3-6,10H,2,7H2,1H3. The summed E-state index contributed by atoms with van der Waals surface area (Å²) < 4.78 is 5.44. The van der Waals surface area contributed by atoms with Crippen LogP contribution in [0, 0.1) is 11.3 Å². The zero-order chi connectivity index (χ0) is 10.4. The van der Waals surface area contributed by atoms with Crippen LogP contribution in [0.2, 0.25) is 0 Å². The van der Waals surface area contributed by atoms with E-state index >= 15 is 0 Å². The summed E-state index contributed by atoms with van der Waals surface area (Å²) in [4.78, 5) is 0. The molecular formula is C11H12BrNO. The van der Waals surface area contributed by atoms with E-state index in [9.17, 15) is 0 Å². The number of ether oxygens (including phenoxy) is 1. The number of hydrogen-bond donors (Lipinski definition) is 0. The van der Waals surface area contributed by atoms with Crippen molar-refractivity contribution in [3.8, 4) is 11.8 Å². The Bertz CT molecular complexity index is 315. The van der Waals surface area contributed by atoms with Gasteiger partial charge in [0.05, 0.1) is 0 Å². The summed E-state index contributed by atoms with van der Waals surface area (Å²) in [6, 6.07) is 9.83. The molecule has 0 saturated carbocycles. The summed E-state index contributed by atoms with van der Waals surface area (Å²) in [6.45, 7) is 1.93. The highest BCUT2D eigenvalue weighted by atomic mass is 79.9. The molecule has 0 spiro atoms. The molecule has 0 aliphatic heterocycles. The van der Waals surface area contributed by atoms with Crippen LogP contribution in [0.25, 0.3) is 0 Å². The quantitative estimate of drug-likeness (QED) is 0.772. The van der Waals surface area contributed by atoms with Gasteiger partial charge in [0.15, 0.2) is 6.10 Å². The summed E-state index contributed by atoms with van der Waals surface area (Å²) in [5.41, 5.74) is 1.20. The minimum absolute atomic E-state index is 0.343. The van der Waals surface area contributed by atoms with Gasteiger partial charge in [-0.25, -0.2) is 0 Å². The van der Waals surface area contributed by atoms with Crippen LogP contribution >= 0.6 is 15.9 Å². The molecule has 3 heteroatoms. The van der Waals surface area contributed by atoms with E-state index in [4.69, 9.17) is 10.00 Å². The van der Waals surface area contributed by atoms with Gasteiger partial charge in [-0.1, -0.05) is 35.0 Å². The first-order valence-electron chi connectivity index (χ1n) is 4.51. The highest BCUT2D eigenvalue weighted by Gasteiger charge is 2.04. The van der Waals surface area contributed by atoms with Crippen molar-refractivity contribution >= 4 is 15.9 Å². The second-order valence-corrected chi connectivity index (χ2v) is 3.48. The number of hydrogen-bond acceptors (Lipinski definition) is 2. The van der Waals surface area contributed by atoms with E-state index in [1.807, 2.05) is 31.2 Å². The first-order chi connectivity index (χ1) is 6.80. The molecule has 1 unspecified atom stereocenters.